The highest BCUT2D eigenvalue weighted by Crippen LogP contribution is 2.78. The Balaban J connectivity index is 1.40. The fourth-order valence-electron chi connectivity index (χ4n) is 8.81. The summed E-state index contributed by atoms with van der Waals surface area (Å²) in [6.07, 6.45) is 5.74. The van der Waals surface area contributed by atoms with Gasteiger partial charge in [-0.05, 0) is 67.4 Å². The van der Waals surface area contributed by atoms with Crippen LogP contribution in [0, 0.1) is 22.7 Å². The average molecular weight is 417 g/mol. The van der Waals surface area contributed by atoms with Gasteiger partial charge in [-0.1, -0.05) is 13.8 Å². The third-order valence-electron chi connectivity index (χ3n) is 10.3. The maximum absolute atomic E-state index is 11.6. The molecule has 1 aliphatic heterocycles. The first-order chi connectivity index (χ1) is 14.2. The normalized spacial score (nSPS) is 56.4. The van der Waals surface area contributed by atoms with E-state index < -0.39 is 17.8 Å². The number of rotatable bonds is 1. The molecule has 6 rings (SSSR count). The first kappa shape index (κ1) is 19.5. The van der Waals surface area contributed by atoms with Gasteiger partial charge in [0, 0.05) is 23.8 Å². The van der Waals surface area contributed by atoms with Crippen molar-refractivity contribution in [3.8, 4) is 0 Å². The molecule has 164 valence electrons. The van der Waals surface area contributed by atoms with Gasteiger partial charge in [0.2, 0.25) is 0 Å². The molecule has 1 aromatic heterocycles. The van der Waals surface area contributed by atoms with Crippen molar-refractivity contribution in [3.05, 3.63) is 34.4 Å². The van der Waals surface area contributed by atoms with Crippen molar-refractivity contribution in [2.75, 3.05) is 0 Å². The van der Waals surface area contributed by atoms with Crippen LogP contribution in [0.25, 0.3) is 0 Å². The molecule has 0 radical (unpaired) electrons. The third kappa shape index (κ3) is 2.07. The lowest BCUT2D eigenvalue weighted by atomic mass is 9.42. The molecule has 30 heavy (non-hydrogen) atoms. The van der Waals surface area contributed by atoms with E-state index in [0.29, 0.717) is 18.8 Å². The summed E-state index contributed by atoms with van der Waals surface area (Å²) in [6.45, 7) is 4.46. The summed E-state index contributed by atoms with van der Waals surface area (Å²) in [5.74, 6) is 0.488. The van der Waals surface area contributed by atoms with E-state index in [1.165, 1.54) is 12.3 Å². The van der Waals surface area contributed by atoms with E-state index in [-0.39, 0.29) is 40.0 Å². The summed E-state index contributed by atoms with van der Waals surface area (Å²) in [4.78, 5) is 11.5. The molecule has 6 heteroatoms. The van der Waals surface area contributed by atoms with Gasteiger partial charge in [-0.15, -0.1) is 0 Å². The number of aliphatic hydroxyl groups is 3. The number of ether oxygens (including phenoxy) is 1. The number of hydrogen-bond donors (Lipinski definition) is 3. The first-order valence-corrected chi connectivity index (χ1v) is 11.5. The molecule has 4 aliphatic carbocycles. The van der Waals surface area contributed by atoms with Crippen LogP contribution in [-0.2, 0) is 4.74 Å². The minimum absolute atomic E-state index is 0.122. The lowest BCUT2D eigenvalue weighted by Crippen LogP contribution is -2.65. The Morgan fingerprint density at radius 2 is 1.73 bits per heavy atom. The van der Waals surface area contributed by atoms with Gasteiger partial charge in [0.25, 0.3) is 0 Å². The molecule has 5 aliphatic rings. The summed E-state index contributed by atoms with van der Waals surface area (Å²) in [6, 6.07) is 3.22. The van der Waals surface area contributed by atoms with Crippen LogP contribution in [-0.4, -0.2) is 44.8 Å². The quantitative estimate of drug-likeness (QED) is 0.607. The van der Waals surface area contributed by atoms with Crippen LogP contribution in [0.3, 0.4) is 0 Å². The van der Waals surface area contributed by atoms with Gasteiger partial charge in [0.15, 0.2) is 0 Å². The van der Waals surface area contributed by atoms with Crippen molar-refractivity contribution < 1.29 is 24.5 Å². The summed E-state index contributed by atoms with van der Waals surface area (Å²) in [5.41, 5.74) is -1.17. The van der Waals surface area contributed by atoms with Gasteiger partial charge in [-0.3, -0.25) is 0 Å². The van der Waals surface area contributed by atoms with Crippen LogP contribution in [0.1, 0.15) is 70.3 Å². The molecule has 2 heterocycles. The van der Waals surface area contributed by atoms with Crippen LogP contribution in [0.15, 0.2) is 27.6 Å². The standard InChI is InChI=1S/C24H32O6/c1-21-8-5-14(25)11-23(21,28)10-7-16-15(21)6-9-22(2)18(13-3-4-17(26)29-12-13)19(27)20-24(16,22)30-20/h3-4,12,14-16,18-20,25,27-28H,5-11H2,1-2H3/t14?,15-,16-,18?,19?,20?,21+,22+,23-,24+/m0/s1. The van der Waals surface area contributed by atoms with E-state index >= 15 is 0 Å². The Morgan fingerprint density at radius 3 is 2.47 bits per heavy atom. The Bertz CT molecular complexity index is 923. The number of aliphatic hydroxyl groups excluding tert-OH is 2. The molecule has 1 aromatic rings. The van der Waals surface area contributed by atoms with Crippen molar-refractivity contribution in [2.45, 2.75) is 94.2 Å². The average Bonchev–Trinajstić information content (AvgIpc) is 3.41. The number of fused-ring (bicyclic) bond motifs is 3. The predicted octanol–water partition coefficient (Wildman–Crippen LogP) is 2.34. The fourth-order valence-corrected chi connectivity index (χ4v) is 8.81. The molecule has 1 spiro atoms. The molecular formula is C24H32O6. The second-order valence-electron chi connectivity index (χ2n) is 11.2. The largest absolute Gasteiger partial charge is 0.431 e. The van der Waals surface area contributed by atoms with E-state index in [9.17, 15) is 20.1 Å². The summed E-state index contributed by atoms with van der Waals surface area (Å²) < 4.78 is 11.6. The van der Waals surface area contributed by atoms with E-state index in [1.807, 2.05) is 0 Å². The number of epoxide rings is 1. The smallest absolute Gasteiger partial charge is 0.335 e. The van der Waals surface area contributed by atoms with Gasteiger partial charge < -0.3 is 24.5 Å². The molecule has 4 unspecified atom stereocenters. The van der Waals surface area contributed by atoms with Crippen LogP contribution in [0.2, 0.25) is 0 Å². The molecule has 4 saturated carbocycles. The zero-order chi connectivity index (χ0) is 21.1. The van der Waals surface area contributed by atoms with Crippen LogP contribution < -0.4 is 5.63 Å². The summed E-state index contributed by atoms with van der Waals surface area (Å²) in [5, 5.41) is 33.1. The fraction of sp³-hybridized carbons (Fsp3) is 0.792. The van der Waals surface area contributed by atoms with E-state index in [2.05, 4.69) is 13.8 Å². The van der Waals surface area contributed by atoms with Crippen molar-refractivity contribution in [1.29, 1.82) is 0 Å². The van der Waals surface area contributed by atoms with E-state index in [4.69, 9.17) is 9.15 Å². The number of hydrogen-bond acceptors (Lipinski definition) is 6. The summed E-state index contributed by atoms with van der Waals surface area (Å²) in [7, 11) is 0. The Morgan fingerprint density at radius 1 is 1.00 bits per heavy atom. The molecule has 0 bridgehead atoms. The second-order valence-corrected chi connectivity index (χ2v) is 11.2. The molecular weight excluding hydrogens is 384 g/mol. The monoisotopic (exact) mass is 416 g/mol. The summed E-state index contributed by atoms with van der Waals surface area (Å²) >= 11 is 0. The van der Waals surface area contributed by atoms with Crippen molar-refractivity contribution in [3.63, 3.8) is 0 Å². The highest BCUT2D eigenvalue weighted by atomic mass is 16.6. The van der Waals surface area contributed by atoms with Gasteiger partial charge in [-0.2, -0.15) is 0 Å². The molecule has 3 N–H and O–H groups in total. The topological polar surface area (TPSA) is 103 Å². The highest BCUT2D eigenvalue weighted by Gasteiger charge is 2.84. The maximum atomic E-state index is 11.6. The second kappa shape index (κ2) is 5.77. The zero-order valence-electron chi connectivity index (χ0n) is 17.7. The Kier molecular flexibility index (Phi) is 3.75. The van der Waals surface area contributed by atoms with Crippen LogP contribution in [0.4, 0.5) is 0 Å². The lowest BCUT2D eigenvalue weighted by molar-refractivity contribution is -0.224. The van der Waals surface area contributed by atoms with E-state index in [1.54, 1.807) is 6.07 Å². The minimum atomic E-state index is -0.819. The Labute approximate surface area is 176 Å². The molecule has 0 aromatic carbocycles. The molecule has 0 amide bonds. The predicted molar refractivity (Wildman–Crippen MR) is 108 cm³/mol. The highest BCUT2D eigenvalue weighted by molar-refractivity contribution is 5.38. The minimum Gasteiger partial charge on any atom is -0.431 e. The molecule has 10 atom stereocenters. The van der Waals surface area contributed by atoms with Crippen molar-refractivity contribution >= 4 is 0 Å². The van der Waals surface area contributed by atoms with Gasteiger partial charge in [0.1, 0.15) is 11.7 Å². The lowest BCUT2D eigenvalue weighted by Gasteiger charge is -2.63. The third-order valence-corrected chi connectivity index (χ3v) is 10.3. The zero-order valence-corrected chi connectivity index (χ0v) is 17.7. The maximum Gasteiger partial charge on any atom is 0.335 e. The van der Waals surface area contributed by atoms with Gasteiger partial charge >= 0.3 is 5.63 Å². The van der Waals surface area contributed by atoms with Crippen LogP contribution in [0.5, 0.6) is 0 Å². The molecule has 1 saturated heterocycles. The Hall–Kier alpha value is -1.21. The van der Waals surface area contributed by atoms with Crippen molar-refractivity contribution in [1.82, 2.24) is 0 Å². The SMILES string of the molecule is C[C@]12CC[C@H]3[C@H](CC[C@]4(O)CC(O)CC[C@]34C)[C@]13OC3C(O)C2c1ccc(=O)oc1. The van der Waals surface area contributed by atoms with Gasteiger partial charge in [-0.25, -0.2) is 4.79 Å². The van der Waals surface area contributed by atoms with Gasteiger partial charge in [0.05, 0.1) is 24.1 Å². The van der Waals surface area contributed by atoms with Crippen molar-refractivity contribution in [2.24, 2.45) is 22.7 Å². The molecule has 6 nitrogen and oxygen atoms in total. The molecule has 5 fully saturated rings. The van der Waals surface area contributed by atoms with E-state index in [0.717, 1.165) is 37.7 Å². The first-order valence-electron chi connectivity index (χ1n) is 11.5. The van der Waals surface area contributed by atoms with Crippen LogP contribution >= 0.6 is 0 Å².